The third-order valence-corrected chi connectivity index (χ3v) is 3.87. The van der Waals surface area contributed by atoms with Gasteiger partial charge in [0.25, 0.3) is 0 Å². The lowest BCUT2D eigenvalue weighted by Crippen LogP contribution is -2.45. The van der Waals surface area contributed by atoms with Crippen LogP contribution in [-0.4, -0.2) is 37.2 Å². The van der Waals surface area contributed by atoms with Gasteiger partial charge in [0.05, 0.1) is 13.2 Å². The van der Waals surface area contributed by atoms with E-state index >= 15 is 0 Å². The van der Waals surface area contributed by atoms with Crippen molar-refractivity contribution in [3.8, 4) is 0 Å². The second-order valence-electron chi connectivity index (χ2n) is 5.54. The van der Waals surface area contributed by atoms with Gasteiger partial charge >= 0.3 is 0 Å². The summed E-state index contributed by atoms with van der Waals surface area (Å²) in [5.41, 5.74) is 0.600. The van der Waals surface area contributed by atoms with Gasteiger partial charge in [0.15, 0.2) is 0 Å². The predicted molar refractivity (Wildman–Crippen MR) is 69.8 cm³/mol. The van der Waals surface area contributed by atoms with Crippen molar-refractivity contribution in [1.29, 1.82) is 0 Å². The molecule has 0 aromatic heterocycles. The Bertz CT molecular complexity index is 175. The van der Waals surface area contributed by atoms with Crippen molar-refractivity contribution < 1.29 is 4.74 Å². The second kappa shape index (κ2) is 6.61. The summed E-state index contributed by atoms with van der Waals surface area (Å²) in [5.74, 6) is 0. The van der Waals surface area contributed by atoms with Crippen LogP contribution in [0.2, 0.25) is 0 Å². The minimum absolute atomic E-state index is 0.600. The van der Waals surface area contributed by atoms with E-state index in [9.17, 15) is 0 Å². The zero-order chi connectivity index (χ0) is 12.0. The van der Waals surface area contributed by atoms with Crippen molar-refractivity contribution in [3.63, 3.8) is 0 Å². The number of hydrogen-bond acceptors (Lipinski definition) is 2. The summed E-state index contributed by atoms with van der Waals surface area (Å²) < 4.78 is 5.39. The summed E-state index contributed by atoms with van der Waals surface area (Å²) in [5, 5.41) is 0. The number of rotatable bonds is 1. The Hall–Kier alpha value is -0.0800. The summed E-state index contributed by atoms with van der Waals surface area (Å²) in [7, 11) is 0. The van der Waals surface area contributed by atoms with E-state index in [0.717, 1.165) is 32.3 Å². The molecule has 1 aliphatic heterocycles. The molecule has 2 heteroatoms. The maximum Gasteiger partial charge on any atom is 0.0594 e. The van der Waals surface area contributed by atoms with Crippen LogP contribution in [0.5, 0.6) is 0 Å². The molecule has 0 spiro atoms. The summed E-state index contributed by atoms with van der Waals surface area (Å²) in [6, 6.07) is 0.854. The number of ether oxygens (including phenoxy) is 1. The SMILES string of the molecule is CC.CC1(C)CCC(N2CCOCC2)CC1. The monoisotopic (exact) mass is 227 g/mol. The fraction of sp³-hybridized carbons (Fsp3) is 1.00. The van der Waals surface area contributed by atoms with Gasteiger partial charge in [0.2, 0.25) is 0 Å². The highest BCUT2D eigenvalue weighted by molar-refractivity contribution is 4.84. The van der Waals surface area contributed by atoms with Gasteiger partial charge in [-0.3, -0.25) is 4.90 Å². The first kappa shape index (κ1) is 14.0. The van der Waals surface area contributed by atoms with Crippen molar-refractivity contribution in [2.45, 2.75) is 59.4 Å². The van der Waals surface area contributed by atoms with Crippen LogP contribution in [0.1, 0.15) is 53.4 Å². The highest BCUT2D eigenvalue weighted by Gasteiger charge is 2.30. The average Bonchev–Trinajstić information content (AvgIpc) is 2.33. The molecule has 0 bridgehead atoms. The molecule has 0 unspecified atom stereocenters. The standard InChI is InChI=1S/C12H23NO.C2H6/c1-12(2)5-3-11(4-6-12)13-7-9-14-10-8-13;1-2/h11H,3-10H2,1-2H3;1-2H3. The molecule has 1 saturated heterocycles. The molecule has 0 radical (unpaired) electrons. The lowest BCUT2D eigenvalue weighted by Gasteiger charge is -2.41. The normalized spacial score (nSPS) is 27.0. The molecule has 0 amide bonds. The van der Waals surface area contributed by atoms with E-state index in [2.05, 4.69) is 18.7 Å². The molecule has 0 N–H and O–H groups in total. The Morgan fingerprint density at radius 2 is 1.50 bits per heavy atom. The summed E-state index contributed by atoms with van der Waals surface area (Å²) >= 11 is 0. The van der Waals surface area contributed by atoms with Crippen molar-refractivity contribution in [2.75, 3.05) is 26.3 Å². The minimum atomic E-state index is 0.600. The molecule has 96 valence electrons. The van der Waals surface area contributed by atoms with Crippen LogP contribution in [0.4, 0.5) is 0 Å². The maximum absolute atomic E-state index is 5.39. The van der Waals surface area contributed by atoms with Crippen molar-refractivity contribution in [2.24, 2.45) is 5.41 Å². The van der Waals surface area contributed by atoms with E-state index in [0.29, 0.717) is 5.41 Å². The molecule has 1 heterocycles. The third-order valence-electron chi connectivity index (χ3n) is 3.87. The van der Waals surface area contributed by atoms with Gasteiger partial charge in [-0.15, -0.1) is 0 Å². The Kier molecular flexibility index (Phi) is 5.77. The van der Waals surface area contributed by atoms with Gasteiger partial charge in [-0.05, 0) is 31.1 Å². The summed E-state index contributed by atoms with van der Waals surface area (Å²) in [6.45, 7) is 13.0. The predicted octanol–water partition coefficient (Wildman–Crippen LogP) is 3.31. The van der Waals surface area contributed by atoms with Crippen molar-refractivity contribution in [1.82, 2.24) is 4.90 Å². The second-order valence-corrected chi connectivity index (χ2v) is 5.54. The van der Waals surface area contributed by atoms with Crippen molar-refractivity contribution in [3.05, 3.63) is 0 Å². The van der Waals surface area contributed by atoms with Gasteiger partial charge in [0, 0.05) is 19.1 Å². The molecule has 1 saturated carbocycles. The quantitative estimate of drug-likeness (QED) is 0.681. The van der Waals surface area contributed by atoms with Gasteiger partial charge in [-0.1, -0.05) is 27.7 Å². The summed E-state index contributed by atoms with van der Waals surface area (Å²) in [4.78, 5) is 2.64. The fourth-order valence-electron chi connectivity index (χ4n) is 2.69. The Morgan fingerprint density at radius 3 is 2.00 bits per heavy atom. The molecule has 1 aliphatic carbocycles. The molecule has 0 atom stereocenters. The summed E-state index contributed by atoms with van der Waals surface area (Å²) in [6.07, 6.45) is 5.59. The van der Waals surface area contributed by atoms with E-state index in [1.807, 2.05) is 13.8 Å². The van der Waals surface area contributed by atoms with Gasteiger partial charge in [-0.25, -0.2) is 0 Å². The van der Waals surface area contributed by atoms with Gasteiger partial charge in [0.1, 0.15) is 0 Å². The van der Waals surface area contributed by atoms with Crippen molar-refractivity contribution >= 4 is 0 Å². The molecule has 0 aromatic rings. The highest BCUT2D eigenvalue weighted by Crippen LogP contribution is 2.36. The van der Waals surface area contributed by atoms with Crippen LogP contribution in [0.25, 0.3) is 0 Å². The molecular weight excluding hydrogens is 198 g/mol. The molecule has 2 aliphatic rings. The van der Waals surface area contributed by atoms with E-state index in [-0.39, 0.29) is 0 Å². The van der Waals surface area contributed by atoms with Gasteiger partial charge < -0.3 is 4.74 Å². The molecular formula is C14H29NO. The number of nitrogens with zero attached hydrogens (tertiary/aromatic N) is 1. The van der Waals surface area contributed by atoms with Crippen LogP contribution in [0.3, 0.4) is 0 Å². The van der Waals surface area contributed by atoms with Crippen LogP contribution in [0.15, 0.2) is 0 Å². The smallest absolute Gasteiger partial charge is 0.0594 e. The zero-order valence-corrected chi connectivity index (χ0v) is 11.6. The molecule has 16 heavy (non-hydrogen) atoms. The van der Waals surface area contributed by atoms with Crippen LogP contribution in [0, 0.1) is 5.41 Å². The largest absolute Gasteiger partial charge is 0.379 e. The maximum atomic E-state index is 5.39. The van der Waals surface area contributed by atoms with Gasteiger partial charge in [-0.2, -0.15) is 0 Å². The van der Waals surface area contributed by atoms with E-state index < -0.39 is 0 Å². The highest BCUT2D eigenvalue weighted by atomic mass is 16.5. The Labute approximate surface area is 101 Å². The molecule has 2 fully saturated rings. The number of morpholine rings is 1. The lowest BCUT2D eigenvalue weighted by atomic mass is 9.75. The van der Waals surface area contributed by atoms with Crippen LogP contribution in [-0.2, 0) is 4.74 Å². The van der Waals surface area contributed by atoms with E-state index in [4.69, 9.17) is 4.74 Å². The lowest BCUT2D eigenvalue weighted by molar-refractivity contribution is -0.000415. The molecule has 2 rings (SSSR count). The van der Waals surface area contributed by atoms with E-state index in [1.165, 1.54) is 25.7 Å². The topological polar surface area (TPSA) is 12.5 Å². The van der Waals surface area contributed by atoms with E-state index in [1.54, 1.807) is 0 Å². The average molecular weight is 227 g/mol. The number of hydrogen-bond donors (Lipinski definition) is 0. The zero-order valence-electron chi connectivity index (χ0n) is 11.6. The molecule has 0 aromatic carbocycles. The van der Waals surface area contributed by atoms with Crippen LogP contribution < -0.4 is 0 Å². The first-order chi connectivity index (χ1) is 7.67. The molecule has 2 nitrogen and oxygen atoms in total. The first-order valence-corrected chi connectivity index (χ1v) is 6.99. The third kappa shape index (κ3) is 4.06. The minimum Gasteiger partial charge on any atom is -0.379 e. The fourth-order valence-corrected chi connectivity index (χ4v) is 2.69. The Balaban J connectivity index is 0.000000606. The first-order valence-electron chi connectivity index (χ1n) is 6.99. The van der Waals surface area contributed by atoms with Crippen LogP contribution >= 0.6 is 0 Å². The Morgan fingerprint density at radius 1 is 1.00 bits per heavy atom.